The quantitative estimate of drug-likeness (QED) is 0.154. The molecule has 0 spiro atoms. The van der Waals surface area contributed by atoms with Crippen molar-refractivity contribution in [3.05, 3.63) is 40.4 Å². The third kappa shape index (κ3) is 4.20. The molecule has 2 aromatic heterocycles. The normalized spacial score (nSPS) is 10.1. The van der Waals surface area contributed by atoms with E-state index < -0.39 is 0 Å². The van der Waals surface area contributed by atoms with Gasteiger partial charge in [-0.15, -0.1) is 0 Å². The van der Waals surface area contributed by atoms with Crippen molar-refractivity contribution in [2.24, 2.45) is 0 Å². The standard InChI is InChI=1S/C6H5NO2.C5H4N5S.Hg/c8-7(9)6-4-2-1-3-5-6;6-5-9-3-2(4(11)10-5)7-1-8-3;/h2-5,8H;1H,(H3-,6,7,8,9,10,11);/q2*-1;+1. The molecule has 0 radical (unpaired) electrons. The molecular weight excluding hydrogens is 481 g/mol. The van der Waals surface area contributed by atoms with Crippen molar-refractivity contribution in [3.63, 3.8) is 0 Å². The van der Waals surface area contributed by atoms with Crippen LogP contribution < -0.4 is 24.0 Å². The average Bonchev–Trinajstić information content (AvgIpc) is 2.88. The number of hydrogen-bond donors (Lipinski definition) is 2. The Labute approximate surface area is 140 Å². The van der Waals surface area contributed by atoms with Crippen LogP contribution >= 0.6 is 0 Å². The molecule has 0 bridgehead atoms. The third-order valence-electron chi connectivity index (χ3n) is 2.39. The molecule has 0 saturated carbocycles. The van der Waals surface area contributed by atoms with Crippen LogP contribution in [-0.4, -0.2) is 15.2 Å². The van der Waals surface area contributed by atoms with E-state index in [0.717, 1.165) is 0 Å². The van der Waals surface area contributed by atoms with Gasteiger partial charge in [-0.2, -0.15) is 0 Å². The van der Waals surface area contributed by atoms with Crippen LogP contribution in [0.15, 0.2) is 30.6 Å². The summed E-state index contributed by atoms with van der Waals surface area (Å²) in [6, 6.07) is 6.91. The number of imidazole rings is 1. The van der Waals surface area contributed by atoms with Crippen molar-refractivity contribution in [2.45, 2.75) is 0 Å². The van der Waals surface area contributed by atoms with E-state index in [1.165, 1.54) is 9.40 Å². The summed E-state index contributed by atoms with van der Waals surface area (Å²) < 4.78 is 1.72. The molecule has 3 aromatic rings. The van der Waals surface area contributed by atoms with Crippen LogP contribution in [0.3, 0.4) is 0 Å². The van der Waals surface area contributed by atoms with Gasteiger partial charge in [0.2, 0.25) is 0 Å². The number of hydrogen-bond acceptors (Lipinski definition) is 6. The Morgan fingerprint density at radius 1 is 1.33 bits per heavy atom. The van der Waals surface area contributed by atoms with Gasteiger partial charge in [-0.1, -0.05) is 0 Å². The Balaban J connectivity index is 0.000000155. The molecule has 0 aliphatic carbocycles. The fraction of sp³-hybridized carbons (Fsp3) is 0. The number of aromatic nitrogens is 4. The number of benzene rings is 1. The van der Waals surface area contributed by atoms with E-state index in [-0.39, 0.29) is 16.9 Å². The van der Waals surface area contributed by atoms with Gasteiger partial charge in [0.1, 0.15) is 0 Å². The summed E-state index contributed by atoms with van der Waals surface area (Å²) in [5.41, 5.74) is 6.71. The Morgan fingerprint density at radius 2 is 2.00 bits per heavy atom. The number of nitrogen functional groups attached to an aromatic ring is 1. The van der Waals surface area contributed by atoms with Crippen molar-refractivity contribution in [1.82, 2.24) is 19.9 Å². The molecule has 0 amide bonds. The van der Waals surface area contributed by atoms with Crippen molar-refractivity contribution in [2.75, 3.05) is 11.0 Å². The number of anilines is 2. The van der Waals surface area contributed by atoms with Gasteiger partial charge >= 0.3 is 74.8 Å². The Hall–Kier alpha value is -1.55. The fourth-order valence-corrected chi connectivity index (χ4v) is 2.59. The van der Waals surface area contributed by atoms with Gasteiger partial charge in [0.15, 0.2) is 12.2 Å². The van der Waals surface area contributed by atoms with E-state index in [1.807, 2.05) is 12.1 Å². The van der Waals surface area contributed by atoms with Gasteiger partial charge < -0.3 is 20.7 Å². The topological polar surface area (TPSA) is 127 Å². The first-order chi connectivity index (χ1) is 9.97. The molecule has 0 atom stereocenters. The summed E-state index contributed by atoms with van der Waals surface area (Å²) in [7, 11) is 0. The molecule has 1 aromatic carbocycles. The van der Waals surface area contributed by atoms with Crippen LogP contribution in [0.25, 0.3) is 11.2 Å². The molecule has 0 unspecified atom stereocenters. The van der Waals surface area contributed by atoms with Crippen LogP contribution in [-0.2, 0) is 38.3 Å². The van der Waals surface area contributed by atoms with Crippen LogP contribution in [0.4, 0.5) is 11.6 Å². The second-order valence-electron chi connectivity index (χ2n) is 3.89. The van der Waals surface area contributed by atoms with Crippen molar-refractivity contribution < 1.29 is 31.3 Å². The first-order valence-electron chi connectivity index (χ1n) is 5.65. The summed E-state index contributed by atoms with van der Waals surface area (Å²) in [6.45, 7) is 0. The monoisotopic (exact) mass is 491 g/mol. The van der Waals surface area contributed by atoms with Crippen LogP contribution in [0.5, 0.6) is 0 Å². The maximum atomic E-state index is 10.2. The molecule has 0 fully saturated rings. The number of nitrogens with two attached hydrogens (primary N) is 1. The summed E-state index contributed by atoms with van der Waals surface area (Å²) in [5.74, 6) is 0.169. The van der Waals surface area contributed by atoms with Crippen molar-refractivity contribution >= 4 is 38.1 Å². The first kappa shape index (κ1) is 15.8. The van der Waals surface area contributed by atoms with E-state index in [9.17, 15) is 5.21 Å². The van der Waals surface area contributed by atoms with E-state index in [0.29, 0.717) is 41.9 Å². The second-order valence-corrected chi connectivity index (χ2v) is 7.49. The zero-order valence-electron chi connectivity index (χ0n) is 10.7. The Morgan fingerprint density at radius 3 is 2.62 bits per heavy atom. The zero-order valence-corrected chi connectivity index (χ0v) is 17.1. The van der Waals surface area contributed by atoms with Gasteiger partial charge in [-0.3, -0.25) is 4.98 Å². The molecule has 21 heavy (non-hydrogen) atoms. The summed E-state index contributed by atoms with van der Waals surface area (Å²) in [5, 5.41) is 18.5. The van der Waals surface area contributed by atoms with Crippen LogP contribution in [0, 0.1) is 9.85 Å². The molecule has 2 heterocycles. The molecule has 0 aliphatic heterocycles. The number of nitrogens with zero attached hydrogens (tertiary/aromatic N) is 5. The van der Waals surface area contributed by atoms with E-state index in [2.05, 4.69) is 32.2 Å². The summed E-state index contributed by atoms with van der Waals surface area (Å²) >= 11 is 4.64. The third-order valence-corrected chi connectivity index (χ3v) is 4.53. The SMILES string of the molecule is Nc1nc(=[SH+])c2[n-]cnc2[n-]1.[O-]N(O)c1cc[c]([Hg+])cc1. The number of rotatable bonds is 1. The predicted octanol–water partition coefficient (Wildman–Crippen LogP) is -0.510. The van der Waals surface area contributed by atoms with Gasteiger partial charge in [-0.25, -0.2) is 0 Å². The number of thiol groups is 1. The first-order valence-corrected chi connectivity index (χ1v) is 8.85. The van der Waals surface area contributed by atoms with Gasteiger partial charge in [0.25, 0.3) is 4.64 Å². The van der Waals surface area contributed by atoms with Crippen LogP contribution in [0.2, 0.25) is 0 Å². The van der Waals surface area contributed by atoms with Crippen molar-refractivity contribution in [3.8, 4) is 0 Å². The van der Waals surface area contributed by atoms with Gasteiger partial charge in [0, 0.05) is 0 Å². The molecule has 8 nitrogen and oxygen atoms in total. The minimum atomic E-state index is -0.132. The number of fused-ring (bicyclic) bond motifs is 1. The predicted molar refractivity (Wildman–Crippen MR) is 76.3 cm³/mol. The van der Waals surface area contributed by atoms with E-state index in [4.69, 9.17) is 10.9 Å². The van der Waals surface area contributed by atoms with Gasteiger partial charge in [0.05, 0.1) is 17.1 Å². The Bertz CT molecular complexity index is 785. The molecule has 0 saturated heterocycles. The minimum absolute atomic E-state index is 0.132. The summed E-state index contributed by atoms with van der Waals surface area (Å²) in [4.78, 5) is 15.4. The van der Waals surface area contributed by atoms with Crippen LogP contribution in [0.1, 0.15) is 0 Å². The molecule has 3 rings (SSSR count). The molecule has 10 heteroatoms. The molecule has 3 N–H and O–H groups in total. The zero-order chi connectivity index (χ0) is 15.4. The van der Waals surface area contributed by atoms with Crippen molar-refractivity contribution in [1.29, 1.82) is 0 Å². The molecular formula is C11H9HgN6O2S-. The molecule has 104 valence electrons. The fourth-order valence-electron chi connectivity index (χ4n) is 1.42. The van der Waals surface area contributed by atoms with Gasteiger partial charge in [-0.05, 0) is 6.33 Å². The van der Waals surface area contributed by atoms with E-state index >= 15 is 0 Å². The van der Waals surface area contributed by atoms with E-state index in [1.54, 1.807) is 12.1 Å². The average molecular weight is 490 g/mol. The molecule has 0 aliphatic rings. The maximum absolute atomic E-state index is 10.2. The summed E-state index contributed by atoms with van der Waals surface area (Å²) in [6.07, 6.45) is 1.40. The Kier molecular flexibility index (Phi) is 5.23. The second kappa shape index (κ2) is 6.94.